The van der Waals surface area contributed by atoms with Gasteiger partial charge in [0, 0.05) is 55.2 Å². The second-order valence-electron chi connectivity index (χ2n) is 6.39. The summed E-state index contributed by atoms with van der Waals surface area (Å²) in [5.74, 6) is 0.855. The van der Waals surface area contributed by atoms with Crippen LogP contribution in [0.1, 0.15) is 24.0 Å². The van der Waals surface area contributed by atoms with Gasteiger partial charge in [0.2, 0.25) is 0 Å². The summed E-state index contributed by atoms with van der Waals surface area (Å²) in [7, 11) is 1.82. The molecule has 140 valence electrons. The molecule has 26 heavy (non-hydrogen) atoms. The number of nitrogens with one attached hydrogen (secondary N) is 2. The molecule has 2 aromatic rings. The third-order valence-corrected chi connectivity index (χ3v) is 5.78. The third-order valence-electron chi connectivity index (χ3n) is 4.50. The fraction of sp³-hybridized carbons (Fsp3) is 0.474. The summed E-state index contributed by atoms with van der Waals surface area (Å²) in [4.78, 5) is 11.3. The minimum atomic E-state index is 0.381. The lowest BCUT2D eigenvalue weighted by atomic mass is 10.2. The molecule has 0 bridgehead atoms. The van der Waals surface area contributed by atoms with Crippen LogP contribution < -0.4 is 15.5 Å². The number of benzene rings is 1. The van der Waals surface area contributed by atoms with Crippen LogP contribution >= 0.6 is 22.9 Å². The molecule has 1 saturated heterocycles. The maximum Gasteiger partial charge on any atom is 0.191 e. The van der Waals surface area contributed by atoms with E-state index in [4.69, 9.17) is 11.6 Å². The van der Waals surface area contributed by atoms with E-state index in [0.29, 0.717) is 6.04 Å². The summed E-state index contributed by atoms with van der Waals surface area (Å²) in [5.41, 5.74) is 2.34. The number of halogens is 1. The van der Waals surface area contributed by atoms with Crippen LogP contribution in [-0.2, 0) is 12.8 Å². The van der Waals surface area contributed by atoms with E-state index in [0.717, 1.165) is 55.6 Å². The highest BCUT2D eigenvalue weighted by molar-refractivity contribution is 7.09. The van der Waals surface area contributed by atoms with Gasteiger partial charge in [0.15, 0.2) is 5.96 Å². The van der Waals surface area contributed by atoms with Gasteiger partial charge in [0.1, 0.15) is 0 Å². The second-order valence-corrected chi connectivity index (χ2v) is 7.77. The minimum absolute atomic E-state index is 0.381. The molecule has 5 nitrogen and oxygen atoms in total. The topological polar surface area (TPSA) is 52.6 Å². The van der Waals surface area contributed by atoms with Crippen molar-refractivity contribution >= 4 is 34.6 Å². The smallest absolute Gasteiger partial charge is 0.191 e. The minimum Gasteiger partial charge on any atom is -0.369 e. The molecule has 0 spiro atoms. The Balaban J connectivity index is 1.45. The Morgan fingerprint density at radius 1 is 1.46 bits per heavy atom. The van der Waals surface area contributed by atoms with Crippen LogP contribution in [0.2, 0.25) is 5.02 Å². The summed E-state index contributed by atoms with van der Waals surface area (Å²) < 4.78 is 0. The zero-order valence-corrected chi connectivity index (χ0v) is 16.9. The van der Waals surface area contributed by atoms with Crippen LogP contribution in [-0.4, -0.2) is 43.7 Å². The third kappa shape index (κ3) is 5.11. The van der Waals surface area contributed by atoms with Crippen LogP contribution in [0, 0.1) is 0 Å². The molecule has 0 radical (unpaired) electrons. The Labute approximate surface area is 164 Å². The predicted molar refractivity (Wildman–Crippen MR) is 112 cm³/mol. The molecule has 1 aromatic heterocycles. The van der Waals surface area contributed by atoms with Crippen molar-refractivity contribution in [3.63, 3.8) is 0 Å². The Kier molecular flexibility index (Phi) is 6.74. The molecule has 1 unspecified atom stereocenters. The number of nitrogens with zero attached hydrogens (tertiary/aromatic N) is 3. The van der Waals surface area contributed by atoms with E-state index in [1.807, 2.05) is 25.2 Å². The van der Waals surface area contributed by atoms with Crippen LogP contribution in [0.15, 0.2) is 34.6 Å². The van der Waals surface area contributed by atoms with Crippen LogP contribution in [0.4, 0.5) is 5.69 Å². The zero-order chi connectivity index (χ0) is 18.4. The summed E-state index contributed by atoms with van der Waals surface area (Å²) in [5, 5.41) is 11.1. The quantitative estimate of drug-likeness (QED) is 0.585. The number of hydrogen-bond acceptors (Lipinski definition) is 4. The van der Waals surface area contributed by atoms with Gasteiger partial charge in [-0.15, -0.1) is 11.3 Å². The van der Waals surface area contributed by atoms with E-state index in [-0.39, 0.29) is 0 Å². The molecule has 0 aliphatic carbocycles. The summed E-state index contributed by atoms with van der Waals surface area (Å²) >= 11 is 7.85. The summed E-state index contributed by atoms with van der Waals surface area (Å²) in [6.07, 6.45) is 3.00. The molecule has 1 aliphatic heterocycles. The lowest BCUT2D eigenvalue weighted by Gasteiger charge is -2.20. The number of aryl methyl sites for hydroxylation is 1. The zero-order valence-electron chi connectivity index (χ0n) is 15.3. The Morgan fingerprint density at radius 2 is 2.35 bits per heavy atom. The molecule has 1 aromatic carbocycles. The lowest BCUT2D eigenvalue weighted by Crippen LogP contribution is -2.45. The lowest BCUT2D eigenvalue weighted by molar-refractivity contribution is 0.647. The van der Waals surface area contributed by atoms with Gasteiger partial charge in [-0.1, -0.05) is 24.6 Å². The van der Waals surface area contributed by atoms with Crippen molar-refractivity contribution in [2.75, 3.05) is 31.6 Å². The van der Waals surface area contributed by atoms with E-state index in [1.165, 1.54) is 10.7 Å². The number of guanidine groups is 1. The van der Waals surface area contributed by atoms with Crippen molar-refractivity contribution in [1.82, 2.24) is 15.6 Å². The van der Waals surface area contributed by atoms with Crippen molar-refractivity contribution in [2.45, 2.75) is 32.2 Å². The number of thiazole rings is 1. The second kappa shape index (κ2) is 9.24. The van der Waals surface area contributed by atoms with E-state index in [1.54, 1.807) is 11.3 Å². The Bertz CT molecular complexity index is 745. The first-order valence-corrected chi connectivity index (χ1v) is 10.3. The van der Waals surface area contributed by atoms with E-state index < -0.39 is 0 Å². The van der Waals surface area contributed by atoms with Gasteiger partial charge >= 0.3 is 0 Å². The van der Waals surface area contributed by atoms with Gasteiger partial charge in [-0.2, -0.15) is 0 Å². The maximum atomic E-state index is 6.11. The first kappa shape index (κ1) is 19.0. The molecule has 7 heteroatoms. The molecule has 0 saturated carbocycles. The molecular formula is C19H26ClN5S. The SMILES string of the molecule is CCc1nc(CCNC(=NC)NC2CCN(c3cccc(Cl)c3)C2)cs1. The number of anilines is 1. The highest BCUT2D eigenvalue weighted by Gasteiger charge is 2.23. The van der Waals surface area contributed by atoms with Crippen LogP contribution in [0.3, 0.4) is 0 Å². The molecule has 1 fully saturated rings. The fourth-order valence-corrected chi connectivity index (χ4v) is 4.07. The predicted octanol–water partition coefficient (Wildman–Crippen LogP) is 3.35. The van der Waals surface area contributed by atoms with Crippen LogP contribution in [0.5, 0.6) is 0 Å². The normalized spacial score (nSPS) is 17.6. The fourth-order valence-electron chi connectivity index (χ4n) is 3.11. The van der Waals surface area contributed by atoms with E-state index >= 15 is 0 Å². The largest absolute Gasteiger partial charge is 0.369 e. The molecule has 0 amide bonds. The van der Waals surface area contributed by atoms with Crippen LogP contribution in [0.25, 0.3) is 0 Å². The van der Waals surface area contributed by atoms with Gasteiger partial charge in [-0.3, -0.25) is 4.99 Å². The van der Waals surface area contributed by atoms with Crippen molar-refractivity contribution in [2.24, 2.45) is 4.99 Å². The van der Waals surface area contributed by atoms with Gasteiger partial charge in [0.05, 0.1) is 10.7 Å². The Morgan fingerprint density at radius 3 is 3.08 bits per heavy atom. The van der Waals surface area contributed by atoms with Crippen molar-refractivity contribution in [1.29, 1.82) is 0 Å². The summed E-state index contributed by atoms with van der Waals surface area (Å²) in [6, 6.07) is 8.43. The standard InChI is InChI=1S/C19H26ClN5S/c1-3-18-23-16(13-26-18)7-9-22-19(21-2)24-15-8-10-25(12-15)17-6-4-5-14(20)11-17/h4-6,11,13,15H,3,7-10,12H2,1-2H3,(H2,21,22,24). The highest BCUT2D eigenvalue weighted by Crippen LogP contribution is 2.23. The van der Waals surface area contributed by atoms with Gasteiger partial charge < -0.3 is 15.5 Å². The Hall–Kier alpha value is -1.79. The van der Waals surface area contributed by atoms with Gasteiger partial charge in [-0.05, 0) is 31.0 Å². The van der Waals surface area contributed by atoms with Crippen molar-refractivity contribution in [3.05, 3.63) is 45.4 Å². The highest BCUT2D eigenvalue weighted by atomic mass is 35.5. The molecule has 2 N–H and O–H groups in total. The maximum absolute atomic E-state index is 6.11. The number of aliphatic imine (C=N–C) groups is 1. The van der Waals surface area contributed by atoms with Crippen molar-refractivity contribution in [3.8, 4) is 0 Å². The average molecular weight is 392 g/mol. The molecule has 3 rings (SSSR count). The average Bonchev–Trinajstić information content (AvgIpc) is 3.30. The molecule has 2 heterocycles. The molecule has 1 atom stereocenters. The first-order valence-electron chi connectivity index (χ1n) is 9.09. The molecular weight excluding hydrogens is 366 g/mol. The first-order chi connectivity index (χ1) is 12.7. The summed E-state index contributed by atoms with van der Waals surface area (Å²) in [6.45, 7) is 4.94. The van der Waals surface area contributed by atoms with Crippen molar-refractivity contribution < 1.29 is 0 Å². The monoisotopic (exact) mass is 391 g/mol. The van der Waals surface area contributed by atoms with Gasteiger partial charge in [0.25, 0.3) is 0 Å². The van der Waals surface area contributed by atoms with Gasteiger partial charge in [-0.25, -0.2) is 4.98 Å². The van der Waals surface area contributed by atoms with E-state index in [2.05, 4.69) is 43.9 Å². The number of aromatic nitrogens is 1. The van der Waals surface area contributed by atoms with E-state index in [9.17, 15) is 0 Å². The number of rotatable bonds is 6. The molecule has 1 aliphatic rings. The number of hydrogen-bond donors (Lipinski definition) is 2.